The number of hydrogen-bond acceptors (Lipinski definition) is 4. The molecule has 35 heavy (non-hydrogen) atoms. The van der Waals surface area contributed by atoms with Crippen LogP contribution < -0.4 is 10.0 Å². The number of rotatable bonds is 5. The molecule has 3 aliphatic carbocycles. The van der Waals surface area contributed by atoms with Crippen molar-refractivity contribution in [2.24, 2.45) is 22.4 Å². The maximum absolute atomic E-state index is 13.9. The molecule has 3 unspecified atom stereocenters. The fourth-order valence-electron chi connectivity index (χ4n) is 6.89. The van der Waals surface area contributed by atoms with E-state index in [9.17, 15) is 17.6 Å². The van der Waals surface area contributed by atoms with E-state index in [4.69, 9.17) is 5.14 Å². The number of carbonyl (C=O) groups is 1. The van der Waals surface area contributed by atoms with Crippen molar-refractivity contribution in [3.63, 3.8) is 0 Å². The van der Waals surface area contributed by atoms with Gasteiger partial charge in [-0.3, -0.25) is 9.78 Å². The van der Waals surface area contributed by atoms with Gasteiger partial charge in [0, 0.05) is 25.4 Å². The normalized spacial score (nSPS) is 27.4. The van der Waals surface area contributed by atoms with Gasteiger partial charge in [0.15, 0.2) is 0 Å². The summed E-state index contributed by atoms with van der Waals surface area (Å²) >= 11 is 0. The van der Waals surface area contributed by atoms with E-state index in [0.717, 1.165) is 43.4 Å². The Labute approximate surface area is 206 Å². The van der Waals surface area contributed by atoms with Crippen molar-refractivity contribution in [3.05, 3.63) is 65.2 Å². The first kappa shape index (κ1) is 24.1. The van der Waals surface area contributed by atoms with Crippen molar-refractivity contribution < 1.29 is 17.6 Å². The number of amides is 1. The zero-order chi connectivity index (χ0) is 25.0. The second kappa shape index (κ2) is 8.82. The Morgan fingerprint density at radius 1 is 1.26 bits per heavy atom. The number of nitrogens with two attached hydrogens (primary N) is 1. The molecule has 3 aliphatic rings. The average Bonchev–Trinajstić information content (AvgIpc) is 3.18. The smallest absolute Gasteiger partial charge is 0.227 e. The number of aromatic nitrogens is 1. The Kier molecular flexibility index (Phi) is 6.08. The monoisotopic (exact) mass is 497 g/mol. The van der Waals surface area contributed by atoms with Gasteiger partial charge in [0.1, 0.15) is 5.82 Å². The molecular formula is C27H32FN3O3S. The van der Waals surface area contributed by atoms with Crippen molar-refractivity contribution in [2.75, 3.05) is 17.7 Å². The maximum Gasteiger partial charge on any atom is 0.227 e. The van der Waals surface area contributed by atoms with Crippen LogP contribution in [0.1, 0.15) is 61.6 Å². The first-order valence-electron chi connectivity index (χ1n) is 12.3. The molecule has 186 valence electrons. The Bertz CT molecular complexity index is 1310. The van der Waals surface area contributed by atoms with Gasteiger partial charge in [-0.25, -0.2) is 17.9 Å². The van der Waals surface area contributed by atoms with Gasteiger partial charge in [0.25, 0.3) is 0 Å². The molecular weight excluding hydrogens is 465 g/mol. The van der Waals surface area contributed by atoms with Gasteiger partial charge in [-0.1, -0.05) is 19.1 Å². The van der Waals surface area contributed by atoms with Crippen LogP contribution in [0.3, 0.4) is 0 Å². The highest BCUT2D eigenvalue weighted by atomic mass is 32.2. The first-order chi connectivity index (χ1) is 16.6. The molecule has 0 aliphatic heterocycles. The lowest BCUT2D eigenvalue weighted by Crippen LogP contribution is -2.41. The largest absolute Gasteiger partial charge is 0.315 e. The number of pyridine rings is 1. The van der Waals surface area contributed by atoms with E-state index in [2.05, 4.69) is 30.1 Å². The topological polar surface area (TPSA) is 93.4 Å². The highest BCUT2D eigenvalue weighted by Gasteiger charge is 2.52. The zero-order valence-electron chi connectivity index (χ0n) is 20.2. The summed E-state index contributed by atoms with van der Waals surface area (Å²) in [6.45, 7) is 2.35. The van der Waals surface area contributed by atoms with Crippen LogP contribution in [-0.2, 0) is 21.2 Å². The Balaban J connectivity index is 1.35. The van der Waals surface area contributed by atoms with Gasteiger partial charge < -0.3 is 4.90 Å². The van der Waals surface area contributed by atoms with Crippen LogP contribution >= 0.6 is 0 Å². The molecule has 5 rings (SSSR count). The minimum Gasteiger partial charge on any atom is -0.315 e. The van der Waals surface area contributed by atoms with Crippen LogP contribution in [0.25, 0.3) is 5.57 Å². The summed E-state index contributed by atoms with van der Waals surface area (Å²) in [5.74, 6) is 0.656. The third-order valence-corrected chi connectivity index (χ3v) is 9.44. The molecule has 8 heteroatoms. The number of fused-ring (bicyclic) bond motifs is 5. The molecule has 2 N–H and O–H groups in total. The summed E-state index contributed by atoms with van der Waals surface area (Å²) in [6.07, 6.45) is 10.4. The molecule has 1 aromatic carbocycles. The molecule has 0 bridgehead atoms. The summed E-state index contributed by atoms with van der Waals surface area (Å²) in [5.41, 5.74) is 5.62. The Morgan fingerprint density at radius 3 is 2.80 bits per heavy atom. The first-order valence-corrected chi connectivity index (χ1v) is 14.0. The Hall–Kier alpha value is -2.58. The number of allylic oxidation sites excluding steroid dienone is 2. The van der Waals surface area contributed by atoms with E-state index < -0.39 is 10.0 Å². The highest BCUT2D eigenvalue weighted by Crippen LogP contribution is 2.63. The zero-order valence-corrected chi connectivity index (χ0v) is 21.0. The van der Waals surface area contributed by atoms with E-state index in [1.165, 1.54) is 27.8 Å². The summed E-state index contributed by atoms with van der Waals surface area (Å²) in [6, 6.07) is 7.83. The average molecular weight is 498 g/mol. The lowest BCUT2D eigenvalue weighted by molar-refractivity contribution is -0.117. The third-order valence-electron chi connectivity index (χ3n) is 8.67. The number of benzene rings is 1. The van der Waals surface area contributed by atoms with Crippen LogP contribution in [0.2, 0.25) is 0 Å². The van der Waals surface area contributed by atoms with Gasteiger partial charge in [0.2, 0.25) is 15.9 Å². The predicted octanol–water partition coefficient (Wildman–Crippen LogP) is 4.41. The maximum atomic E-state index is 13.9. The predicted molar refractivity (Wildman–Crippen MR) is 135 cm³/mol. The fourth-order valence-corrected chi connectivity index (χ4v) is 7.35. The van der Waals surface area contributed by atoms with Crippen molar-refractivity contribution in [1.82, 2.24) is 4.98 Å². The Morgan fingerprint density at radius 2 is 2.06 bits per heavy atom. The second-order valence-electron chi connectivity index (χ2n) is 10.6. The van der Waals surface area contributed by atoms with Crippen molar-refractivity contribution in [1.29, 1.82) is 0 Å². The third kappa shape index (κ3) is 4.42. The molecule has 1 saturated carbocycles. The molecule has 4 atom stereocenters. The van der Waals surface area contributed by atoms with Crippen LogP contribution in [0.15, 0.2) is 42.7 Å². The van der Waals surface area contributed by atoms with Crippen molar-refractivity contribution in [2.45, 2.75) is 51.4 Å². The van der Waals surface area contributed by atoms with Gasteiger partial charge in [-0.05, 0) is 95.7 Å². The van der Waals surface area contributed by atoms with E-state index in [1.807, 2.05) is 6.07 Å². The fraction of sp³-hybridized carbons (Fsp3) is 0.481. The molecule has 1 fully saturated rings. The number of anilines is 1. The second-order valence-corrected chi connectivity index (χ2v) is 12.3. The van der Waals surface area contributed by atoms with Crippen LogP contribution in [0.5, 0.6) is 0 Å². The van der Waals surface area contributed by atoms with E-state index >= 15 is 0 Å². The van der Waals surface area contributed by atoms with Gasteiger partial charge >= 0.3 is 0 Å². The minimum atomic E-state index is -3.67. The summed E-state index contributed by atoms with van der Waals surface area (Å²) in [7, 11) is -1.99. The SMILES string of the molecule is CN(C(=O)CCS(N)(=O)=O)c1ccc2c(c1)CCC1C2CC[C@]2(C)C(c3cncc(F)c3)=CCC12. The molecule has 1 heterocycles. The molecule has 0 spiro atoms. The van der Waals surface area contributed by atoms with Gasteiger partial charge in [-0.2, -0.15) is 0 Å². The number of sulfonamides is 1. The molecule has 1 aromatic heterocycles. The quantitative estimate of drug-likeness (QED) is 0.662. The van der Waals surface area contributed by atoms with Crippen LogP contribution in [-0.4, -0.2) is 32.1 Å². The minimum absolute atomic E-state index is 0.0318. The highest BCUT2D eigenvalue weighted by molar-refractivity contribution is 7.89. The lowest BCUT2D eigenvalue weighted by Gasteiger charge is -2.50. The number of halogens is 1. The number of carbonyl (C=O) groups excluding carboxylic acids is 1. The number of hydrogen-bond donors (Lipinski definition) is 1. The van der Waals surface area contributed by atoms with Crippen molar-refractivity contribution in [3.8, 4) is 0 Å². The molecule has 1 amide bonds. The van der Waals surface area contributed by atoms with E-state index in [0.29, 0.717) is 17.8 Å². The number of nitrogens with zero attached hydrogens (tertiary/aromatic N) is 2. The van der Waals surface area contributed by atoms with Crippen molar-refractivity contribution >= 4 is 27.2 Å². The van der Waals surface area contributed by atoms with Gasteiger partial charge in [0.05, 0.1) is 11.9 Å². The molecule has 0 radical (unpaired) electrons. The standard InChI is InChI=1S/C27H32FN3O3S/c1-27-11-9-22-21-6-4-20(31(2)26(32)10-12-35(29,33)34)14-17(21)3-5-23(22)25(27)8-7-24(27)18-13-19(28)16-30-15-18/h4,6-7,13-16,22-23,25H,3,5,8-12H2,1-2H3,(H2,29,33,34)/t22?,23?,25?,27-/m1/s1. The van der Waals surface area contributed by atoms with Crippen LogP contribution in [0, 0.1) is 23.1 Å². The number of aryl methyl sites for hydroxylation is 1. The van der Waals surface area contributed by atoms with E-state index in [1.54, 1.807) is 19.3 Å². The molecule has 0 saturated heterocycles. The van der Waals surface area contributed by atoms with Gasteiger partial charge in [-0.15, -0.1) is 0 Å². The summed E-state index contributed by atoms with van der Waals surface area (Å²) in [4.78, 5) is 18.1. The van der Waals surface area contributed by atoms with E-state index in [-0.39, 0.29) is 29.3 Å². The molecule has 2 aromatic rings. The van der Waals surface area contributed by atoms with Crippen LogP contribution in [0.4, 0.5) is 10.1 Å². The summed E-state index contributed by atoms with van der Waals surface area (Å²) in [5, 5.41) is 5.05. The molecule has 6 nitrogen and oxygen atoms in total. The number of primary sulfonamides is 1. The summed E-state index contributed by atoms with van der Waals surface area (Å²) < 4.78 is 36.3. The lowest BCUT2D eigenvalue weighted by atomic mass is 9.54.